The number of carboxylic acids is 2. The Bertz CT molecular complexity index is 962. The molecule has 4 N–H and O–H groups in total. The molecule has 2 amide bonds. The molecular weight excluding hydrogens is 388 g/mol. The Kier molecular flexibility index (Phi) is 5.86. The van der Waals surface area contributed by atoms with E-state index < -0.39 is 47.4 Å². The van der Waals surface area contributed by atoms with Crippen molar-refractivity contribution in [2.45, 2.75) is 6.92 Å². The lowest BCUT2D eigenvalue weighted by Gasteiger charge is -2.45. The number of nitrogens with one attached hydrogen (secondary N) is 2. The lowest BCUT2D eigenvalue weighted by molar-refractivity contribution is -0.179. The largest absolute Gasteiger partial charge is 0.481 e. The Labute approximate surface area is 172 Å². The van der Waals surface area contributed by atoms with Crippen molar-refractivity contribution in [1.29, 1.82) is 0 Å². The van der Waals surface area contributed by atoms with Crippen molar-refractivity contribution in [3.05, 3.63) is 54.1 Å². The van der Waals surface area contributed by atoms with Crippen LogP contribution < -0.4 is 10.6 Å². The Morgan fingerprint density at radius 1 is 0.700 bits per heavy atom. The molecule has 156 valence electrons. The molecule has 0 heterocycles. The molecule has 0 radical (unpaired) electrons. The fraction of sp³-hybridized carbons (Fsp3) is 0.273. The van der Waals surface area contributed by atoms with Crippen LogP contribution in [0.5, 0.6) is 0 Å². The first kappa shape index (κ1) is 21.0. The highest BCUT2D eigenvalue weighted by Gasteiger charge is 2.63. The smallest absolute Gasteiger partial charge is 0.308 e. The Balaban J connectivity index is 1.78. The van der Waals surface area contributed by atoms with Gasteiger partial charge < -0.3 is 20.8 Å². The van der Waals surface area contributed by atoms with Crippen LogP contribution in [0.3, 0.4) is 0 Å². The maximum Gasteiger partial charge on any atom is 0.308 e. The van der Waals surface area contributed by atoms with E-state index >= 15 is 0 Å². The third-order valence-electron chi connectivity index (χ3n) is 5.51. The van der Waals surface area contributed by atoms with E-state index in [1.807, 2.05) is 31.2 Å². The van der Waals surface area contributed by atoms with Crippen molar-refractivity contribution in [2.24, 2.45) is 23.7 Å². The molecule has 1 fully saturated rings. The normalized spacial score (nSPS) is 22.5. The molecule has 8 nitrogen and oxygen atoms in total. The first-order valence-corrected chi connectivity index (χ1v) is 9.39. The summed E-state index contributed by atoms with van der Waals surface area (Å²) in [5, 5.41) is 23.8. The van der Waals surface area contributed by atoms with E-state index in [4.69, 9.17) is 0 Å². The van der Waals surface area contributed by atoms with Crippen LogP contribution in [0, 0.1) is 30.6 Å². The van der Waals surface area contributed by atoms with Gasteiger partial charge in [-0.3, -0.25) is 19.2 Å². The highest BCUT2D eigenvalue weighted by atomic mass is 16.4. The number of rotatable bonds is 6. The minimum absolute atomic E-state index is 0.410. The van der Waals surface area contributed by atoms with Gasteiger partial charge in [0.05, 0.1) is 23.7 Å². The molecule has 0 aliphatic heterocycles. The average molecular weight is 410 g/mol. The highest BCUT2D eigenvalue weighted by molar-refractivity contribution is 6.03. The molecule has 0 spiro atoms. The first-order chi connectivity index (χ1) is 14.2. The van der Waals surface area contributed by atoms with Crippen molar-refractivity contribution in [2.75, 3.05) is 12.4 Å². The number of anilines is 1. The summed E-state index contributed by atoms with van der Waals surface area (Å²) in [5.41, 5.74) is 3.48. The number of carbonyl (C=O) groups is 4. The summed E-state index contributed by atoms with van der Waals surface area (Å²) < 4.78 is 0. The average Bonchev–Trinajstić information content (AvgIpc) is 2.67. The maximum absolute atomic E-state index is 12.7. The van der Waals surface area contributed by atoms with Crippen molar-refractivity contribution in [3.63, 3.8) is 0 Å². The predicted molar refractivity (Wildman–Crippen MR) is 109 cm³/mol. The number of carboxylic acid groups (broad SMARTS) is 2. The molecule has 1 aliphatic rings. The number of benzene rings is 2. The lowest BCUT2D eigenvalue weighted by Crippen LogP contribution is -2.62. The summed E-state index contributed by atoms with van der Waals surface area (Å²) in [6, 6.07) is 14.9. The van der Waals surface area contributed by atoms with Gasteiger partial charge in [-0.15, -0.1) is 0 Å². The molecule has 8 heteroatoms. The van der Waals surface area contributed by atoms with Gasteiger partial charge in [0, 0.05) is 12.7 Å². The number of aliphatic carboxylic acids is 2. The SMILES string of the molecule is CNC(=O)C1C(C(=O)O)C(C(=O)Nc2ccc(-c3ccc(C)cc3)cc2)C1C(=O)O. The van der Waals surface area contributed by atoms with Crippen LogP contribution in [0.15, 0.2) is 48.5 Å². The standard InChI is InChI=1S/C22H22N2O6/c1-11-3-5-12(6-4-11)13-7-9-14(10-8-13)24-20(26)16-17(21(27)28)15(19(25)23-2)18(16)22(29)30/h3-10,15-18H,1-2H3,(H,23,25)(H,24,26)(H,27,28)(H,29,30). The Morgan fingerprint density at radius 2 is 1.13 bits per heavy atom. The number of amides is 2. The van der Waals surface area contributed by atoms with Crippen LogP contribution in [0.25, 0.3) is 11.1 Å². The summed E-state index contributed by atoms with van der Waals surface area (Å²) in [6.45, 7) is 1.99. The molecule has 3 rings (SSSR count). The number of carbonyl (C=O) groups excluding carboxylic acids is 2. The molecule has 0 saturated heterocycles. The van der Waals surface area contributed by atoms with Crippen LogP contribution in [0.4, 0.5) is 5.69 Å². The summed E-state index contributed by atoms with van der Waals surface area (Å²) in [6.07, 6.45) is 0. The maximum atomic E-state index is 12.7. The van der Waals surface area contributed by atoms with Crippen LogP contribution in [0.2, 0.25) is 0 Å². The van der Waals surface area contributed by atoms with Crippen LogP contribution in [0.1, 0.15) is 5.56 Å². The van der Waals surface area contributed by atoms with Gasteiger partial charge in [0.15, 0.2) is 0 Å². The summed E-state index contributed by atoms with van der Waals surface area (Å²) in [5.74, 6) is -9.66. The second-order valence-corrected chi connectivity index (χ2v) is 7.33. The molecule has 2 aromatic carbocycles. The topological polar surface area (TPSA) is 133 Å². The summed E-state index contributed by atoms with van der Waals surface area (Å²) >= 11 is 0. The molecule has 1 aliphatic carbocycles. The number of hydrogen-bond acceptors (Lipinski definition) is 4. The van der Waals surface area contributed by atoms with E-state index in [0.29, 0.717) is 5.69 Å². The van der Waals surface area contributed by atoms with E-state index in [1.165, 1.54) is 7.05 Å². The molecule has 30 heavy (non-hydrogen) atoms. The first-order valence-electron chi connectivity index (χ1n) is 9.39. The summed E-state index contributed by atoms with van der Waals surface area (Å²) in [4.78, 5) is 47.9. The fourth-order valence-electron chi connectivity index (χ4n) is 3.90. The van der Waals surface area contributed by atoms with E-state index in [2.05, 4.69) is 10.6 Å². The molecular formula is C22H22N2O6. The molecule has 0 bridgehead atoms. The van der Waals surface area contributed by atoms with E-state index in [-0.39, 0.29) is 0 Å². The molecule has 2 unspecified atom stereocenters. The van der Waals surface area contributed by atoms with Crippen molar-refractivity contribution < 1.29 is 29.4 Å². The van der Waals surface area contributed by atoms with E-state index in [0.717, 1.165) is 16.7 Å². The minimum Gasteiger partial charge on any atom is -0.481 e. The number of hydrogen-bond donors (Lipinski definition) is 4. The van der Waals surface area contributed by atoms with E-state index in [9.17, 15) is 29.4 Å². The minimum atomic E-state index is -1.40. The lowest BCUT2D eigenvalue weighted by atomic mass is 9.55. The monoisotopic (exact) mass is 410 g/mol. The molecule has 2 atom stereocenters. The quantitative estimate of drug-likeness (QED) is 0.576. The van der Waals surface area contributed by atoms with Crippen molar-refractivity contribution >= 4 is 29.4 Å². The van der Waals surface area contributed by atoms with Crippen LogP contribution in [-0.2, 0) is 19.2 Å². The molecule has 2 aromatic rings. The van der Waals surface area contributed by atoms with Gasteiger partial charge in [-0.25, -0.2) is 0 Å². The zero-order chi connectivity index (χ0) is 22.0. The van der Waals surface area contributed by atoms with Crippen molar-refractivity contribution in [1.82, 2.24) is 5.32 Å². The predicted octanol–water partition coefficient (Wildman–Crippen LogP) is 1.99. The third kappa shape index (κ3) is 3.89. The molecule has 1 saturated carbocycles. The van der Waals surface area contributed by atoms with Crippen LogP contribution >= 0.6 is 0 Å². The highest BCUT2D eigenvalue weighted by Crippen LogP contribution is 2.47. The number of aryl methyl sites for hydroxylation is 1. The molecule has 0 aromatic heterocycles. The second-order valence-electron chi connectivity index (χ2n) is 7.33. The van der Waals surface area contributed by atoms with Gasteiger partial charge in [-0.05, 0) is 30.2 Å². The summed E-state index contributed by atoms with van der Waals surface area (Å²) in [7, 11) is 1.29. The Hall–Kier alpha value is -3.68. The van der Waals surface area contributed by atoms with Gasteiger partial charge in [0.2, 0.25) is 11.8 Å². The van der Waals surface area contributed by atoms with Gasteiger partial charge in [0.1, 0.15) is 0 Å². The van der Waals surface area contributed by atoms with Crippen molar-refractivity contribution in [3.8, 4) is 11.1 Å². The fourth-order valence-corrected chi connectivity index (χ4v) is 3.90. The van der Waals surface area contributed by atoms with Gasteiger partial charge in [0.25, 0.3) is 0 Å². The van der Waals surface area contributed by atoms with Gasteiger partial charge in [-0.1, -0.05) is 42.0 Å². The van der Waals surface area contributed by atoms with Gasteiger partial charge in [-0.2, -0.15) is 0 Å². The van der Waals surface area contributed by atoms with E-state index in [1.54, 1.807) is 24.3 Å². The van der Waals surface area contributed by atoms with Gasteiger partial charge >= 0.3 is 11.9 Å². The zero-order valence-electron chi connectivity index (χ0n) is 16.5. The third-order valence-corrected chi connectivity index (χ3v) is 5.51. The Morgan fingerprint density at radius 3 is 1.57 bits per heavy atom. The zero-order valence-corrected chi connectivity index (χ0v) is 16.5. The van der Waals surface area contributed by atoms with Crippen LogP contribution in [-0.4, -0.2) is 41.0 Å². The second kappa shape index (κ2) is 8.36.